The van der Waals surface area contributed by atoms with E-state index in [1.165, 1.54) is 11.8 Å². The molecule has 0 spiro atoms. The zero-order chi connectivity index (χ0) is 14.4. The Bertz CT molecular complexity index is 713. The van der Waals surface area contributed by atoms with E-state index in [9.17, 15) is 4.79 Å². The van der Waals surface area contributed by atoms with Crippen LogP contribution in [0.1, 0.15) is 23.6 Å². The van der Waals surface area contributed by atoms with Crippen LogP contribution in [0.4, 0.5) is 0 Å². The van der Waals surface area contributed by atoms with Crippen LogP contribution in [-0.2, 0) is 4.79 Å². The van der Waals surface area contributed by atoms with Gasteiger partial charge in [0.05, 0.1) is 11.6 Å². The van der Waals surface area contributed by atoms with E-state index < -0.39 is 0 Å². The largest absolute Gasteiger partial charge is 0.287 e. The number of rotatable bonds is 1. The van der Waals surface area contributed by atoms with Gasteiger partial charge in [-0.1, -0.05) is 23.6 Å². The van der Waals surface area contributed by atoms with Gasteiger partial charge in [-0.15, -0.1) is 0 Å². The van der Waals surface area contributed by atoms with Gasteiger partial charge in [-0.25, -0.2) is 0 Å². The van der Waals surface area contributed by atoms with Crippen LogP contribution in [0.3, 0.4) is 0 Å². The molecule has 2 aromatic carbocycles. The molecule has 0 heterocycles. The Morgan fingerprint density at radius 1 is 0.900 bits per heavy atom. The predicted molar refractivity (Wildman–Crippen MR) is 80.1 cm³/mol. The first-order valence-electron chi connectivity index (χ1n) is 5.98. The second-order valence-corrected chi connectivity index (χ2v) is 5.31. The van der Waals surface area contributed by atoms with Crippen LogP contribution >= 0.6 is 11.8 Å². The maximum Gasteiger partial charge on any atom is 0.190 e. The monoisotopic (exact) mass is 277 g/mol. The molecule has 0 saturated heterocycles. The quantitative estimate of drug-likeness (QED) is 0.590. The number of nitriles is 1. The molecule has 0 amide bonds. The van der Waals surface area contributed by atoms with Gasteiger partial charge in [0.1, 0.15) is 0 Å². The Hall–Kier alpha value is -2.49. The van der Waals surface area contributed by atoms with E-state index in [2.05, 4.69) is 17.9 Å². The molecule has 0 saturated carbocycles. The van der Waals surface area contributed by atoms with Gasteiger partial charge >= 0.3 is 0 Å². The van der Waals surface area contributed by atoms with Crippen molar-refractivity contribution in [3.05, 3.63) is 65.2 Å². The third-order valence-electron chi connectivity index (χ3n) is 2.48. The van der Waals surface area contributed by atoms with Gasteiger partial charge in [-0.2, -0.15) is 5.26 Å². The summed E-state index contributed by atoms with van der Waals surface area (Å²) in [6.07, 6.45) is 0. The summed E-state index contributed by atoms with van der Waals surface area (Å²) in [6.45, 7) is 1.54. The number of hydrogen-bond donors (Lipinski definition) is 0. The lowest BCUT2D eigenvalue weighted by Crippen LogP contribution is -1.82. The fourth-order valence-electron chi connectivity index (χ4n) is 1.54. The lowest BCUT2D eigenvalue weighted by molar-refractivity contribution is -0.109. The Morgan fingerprint density at radius 3 is 1.80 bits per heavy atom. The first-order chi connectivity index (χ1) is 9.67. The molecular formula is C17H11NOS. The molecule has 0 aliphatic carbocycles. The van der Waals surface area contributed by atoms with Crippen LogP contribution in [0, 0.1) is 23.2 Å². The van der Waals surface area contributed by atoms with Gasteiger partial charge in [0, 0.05) is 22.9 Å². The normalized spacial score (nSPS) is 9.20. The molecule has 3 heteroatoms. The summed E-state index contributed by atoms with van der Waals surface area (Å²) >= 11 is 1.21. The molecule has 0 aliphatic heterocycles. The second kappa shape index (κ2) is 6.61. The van der Waals surface area contributed by atoms with Crippen molar-refractivity contribution < 1.29 is 4.79 Å². The molecule has 2 nitrogen and oxygen atoms in total. The highest BCUT2D eigenvalue weighted by Gasteiger charge is 1.97. The van der Waals surface area contributed by atoms with E-state index >= 15 is 0 Å². The highest BCUT2D eigenvalue weighted by Crippen LogP contribution is 2.18. The first kappa shape index (κ1) is 13.9. The topological polar surface area (TPSA) is 40.9 Å². The summed E-state index contributed by atoms with van der Waals surface area (Å²) in [4.78, 5) is 11.9. The van der Waals surface area contributed by atoms with Gasteiger partial charge in [-0.05, 0) is 48.5 Å². The van der Waals surface area contributed by atoms with Crippen molar-refractivity contribution in [2.75, 3.05) is 0 Å². The number of carbonyl (C=O) groups is 1. The molecule has 0 N–H and O–H groups in total. The summed E-state index contributed by atoms with van der Waals surface area (Å²) < 4.78 is 0. The fraction of sp³-hybridized carbons (Fsp3) is 0.0588. The summed E-state index contributed by atoms with van der Waals surface area (Å²) in [7, 11) is 0. The second-order valence-electron chi connectivity index (χ2n) is 4.06. The van der Waals surface area contributed by atoms with Crippen molar-refractivity contribution in [2.24, 2.45) is 0 Å². The SMILES string of the molecule is CC(=O)Sc1ccc(C#Cc2ccc(C#N)cc2)cc1. The van der Waals surface area contributed by atoms with E-state index in [0.29, 0.717) is 5.56 Å². The molecule has 0 fully saturated rings. The Morgan fingerprint density at radius 2 is 1.35 bits per heavy atom. The van der Waals surface area contributed by atoms with Gasteiger partial charge in [0.25, 0.3) is 0 Å². The van der Waals surface area contributed by atoms with Crippen molar-refractivity contribution in [1.29, 1.82) is 5.26 Å². The average molecular weight is 277 g/mol. The van der Waals surface area contributed by atoms with Gasteiger partial charge in [0.15, 0.2) is 5.12 Å². The molecule has 0 bridgehead atoms. The van der Waals surface area contributed by atoms with E-state index in [1.807, 2.05) is 36.4 Å². The number of hydrogen-bond acceptors (Lipinski definition) is 3. The van der Waals surface area contributed by atoms with Gasteiger partial charge < -0.3 is 0 Å². The minimum absolute atomic E-state index is 0.0708. The minimum Gasteiger partial charge on any atom is -0.287 e. The van der Waals surface area contributed by atoms with Crippen molar-refractivity contribution in [2.45, 2.75) is 11.8 Å². The minimum atomic E-state index is 0.0708. The summed E-state index contributed by atoms with van der Waals surface area (Å²) in [5.74, 6) is 6.09. The molecule has 96 valence electrons. The Kier molecular flexibility index (Phi) is 4.60. The molecule has 0 aromatic heterocycles. The van der Waals surface area contributed by atoms with E-state index in [1.54, 1.807) is 19.1 Å². The summed E-state index contributed by atoms with van der Waals surface area (Å²) in [5.41, 5.74) is 2.38. The van der Waals surface area contributed by atoms with Crippen molar-refractivity contribution >= 4 is 16.9 Å². The van der Waals surface area contributed by atoms with Crippen LogP contribution in [0.5, 0.6) is 0 Å². The van der Waals surface area contributed by atoms with E-state index in [-0.39, 0.29) is 5.12 Å². The van der Waals surface area contributed by atoms with Gasteiger partial charge in [-0.3, -0.25) is 4.79 Å². The van der Waals surface area contributed by atoms with Crippen molar-refractivity contribution in [1.82, 2.24) is 0 Å². The standard InChI is InChI=1S/C17H11NOS/c1-13(19)20-17-10-8-15(9-11-17)3-2-14-4-6-16(12-18)7-5-14/h4-11H,1H3. The lowest BCUT2D eigenvalue weighted by Gasteiger charge is -1.96. The summed E-state index contributed by atoms with van der Waals surface area (Å²) in [6, 6.07) is 16.8. The molecule has 0 unspecified atom stereocenters. The maximum atomic E-state index is 11.0. The molecular weight excluding hydrogens is 266 g/mol. The predicted octanol–water partition coefficient (Wildman–Crippen LogP) is 3.60. The van der Waals surface area contributed by atoms with Crippen LogP contribution < -0.4 is 0 Å². The molecule has 20 heavy (non-hydrogen) atoms. The zero-order valence-corrected chi connectivity index (χ0v) is 11.7. The smallest absolute Gasteiger partial charge is 0.190 e. The summed E-state index contributed by atoms with van der Waals surface area (Å²) in [5, 5.41) is 8.78. The molecule has 0 atom stereocenters. The average Bonchev–Trinajstić information content (AvgIpc) is 2.46. The van der Waals surface area contributed by atoms with Crippen LogP contribution in [-0.4, -0.2) is 5.12 Å². The zero-order valence-electron chi connectivity index (χ0n) is 10.9. The molecule has 2 rings (SSSR count). The third kappa shape index (κ3) is 4.02. The highest BCUT2D eigenvalue weighted by molar-refractivity contribution is 8.13. The number of benzene rings is 2. The highest BCUT2D eigenvalue weighted by atomic mass is 32.2. The number of thioether (sulfide) groups is 1. The third-order valence-corrected chi connectivity index (χ3v) is 3.28. The van der Waals surface area contributed by atoms with Crippen molar-refractivity contribution in [3.63, 3.8) is 0 Å². The van der Waals surface area contributed by atoms with Gasteiger partial charge in [0.2, 0.25) is 0 Å². The number of nitrogens with zero attached hydrogens (tertiary/aromatic N) is 1. The first-order valence-corrected chi connectivity index (χ1v) is 6.80. The van der Waals surface area contributed by atoms with E-state index in [4.69, 9.17) is 5.26 Å². The molecule has 0 radical (unpaired) electrons. The Balaban J connectivity index is 2.12. The molecule has 0 aliphatic rings. The number of carbonyl (C=O) groups excluding carboxylic acids is 1. The molecule has 2 aromatic rings. The van der Waals surface area contributed by atoms with Crippen LogP contribution in [0.25, 0.3) is 0 Å². The van der Waals surface area contributed by atoms with Crippen LogP contribution in [0.15, 0.2) is 53.4 Å². The van der Waals surface area contributed by atoms with Crippen LogP contribution in [0.2, 0.25) is 0 Å². The Labute approximate surface area is 122 Å². The fourth-order valence-corrected chi connectivity index (χ4v) is 2.15. The maximum absolute atomic E-state index is 11.0. The lowest BCUT2D eigenvalue weighted by atomic mass is 10.1. The van der Waals surface area contributed by atoms with Crippen molar-refractivity contribution in [3.8, 4) is 17.9 Å². The van der Waals surface area contributed by atoms with E-state index in [0.717, 1.165) is 16.0 Å².